The van der Waals surface area contributed by atoms with Crippen molar-refractivity contribution < 1.29 is 19.8 Å². The van der Waals surface area contributed by atoms with Crippen LogP contribution in [0.15, 0.2) is 17.3 Å². The van der Waals surface area contributed by atoms with Gasteiger partial charge in [-0.1, -0.05) is 17.3 Å². The Morgan fingerprint density at radius 3 is 2.72 bits per heavy atom. The lowest BCUT2D eigenvalue weighted by Crippen LogP contribution is -2.52. The summed E-state index contributed by atoms with van der Waals surface area (Å²) in [4.78, 5) is 26.0. The first-order valence-electron chi connectivity index (χ1n) is 5.37. The summed E-state index contributed by atoms with van der Waals surface area (Å²) in [5, 5.41) is 21.8. The van der Waals surface area contributed by atoms with Crippen LogP contribution in [-0.2, 0) is 4.79 Å². The van der Waals surface area contributed by atoms with Gasteiger partial charge in [-0.25, -0.2) is 9.59 Å². The lowest BCUT2D eigenvalue weighted by atomic mass is 9.91. The molecular weight excluding hydrogens is 240 g/mol. The van der Waals surface area contributed by atoms with E-state index >= 15 is 0 Å². The summed E-state index contributed by atoms with van der Waals surface area (Å²) < 4.78 is 0. The molecule has 0 bridgehead atoms. The Bertz CT molecular complexity index is 430. The monoisotopic (exact) mass is 254 g/mol. The van der Waals surface area contributed by atoms with E-state index in [9.17, 15) is 14.7 Å². The highest BCUT2D eigenvalue weighted by atomic mass is 16.4. The number of carbonyl (C=O) groups is 2. The van der Waals surface area contributed by atoms with Crippen LogP contribution in [0, 0.1) is 0 Å². The van der Waals surface area contributed by atoms with Crippen molar-refractivity contribution in [2.45, 2.75) is 31.3 Å². The number of rotatable bonds is 4. The summed E-state index contributed by atoms with van der Waals surface area (Å²) in [6, 6.07) is -0.646. The molecule has 2 atom stereocenters. The van der Waals surface area contributed by atoms with Crippen LogP contribution < -0.4 is 0 Å². The fraction of sp³-hybridized carbons (Fsp3) is 0.600. The van der Waals surface area contributed by atoms with E-state index in [-0.39, 0.29) is 19.4 Å². The van der Waals surface area contributed by atoms with Crippen molar-refractivity contribution in [3.05, 3.63) is 22.6 Å². The largest absolute Gasteiger partial charge is 0.479 e. The second kappa shape index (κ2) is 5.42. The number of aliphatic carboxylic acids is 1. The number of likely N-dealkylation sites (tertiary alicyclic amines) is 1. The number of carboxylic acid groups (broad SMARTS) is 2. The molecule has 1 amide bonds. The first kappa shape index (κ1) is 13.9. The second-order valence-electron chi connectivity index (χ2n) is 4.07. The quantitative estimate of drug-likeness (QED) is 0.343. The molecule has 0 saturated carbocycles. The van der Waals surface area contributed by atoms with Gasteiger partial charge in [0.25, 0.3) is 0 Å². The highest BCUT2D eigenvalue weighted by Gasteiger charge is 2.52. The molecule has 1 aliphatic heterocycles. The first-order valence-corrected chi connectivity index (χ1v) is 5.37. The van der Waals surface area contributed by atoms with Crippen LogP contribution in [0.3, 0.4) is 0 Å². The SMILES string of the molecule is CC=CCC1(C(=O)O)C[C@H](N=[N+]=[N-])CN1C(=O)O. The lowest BCUT2D eigenvalue weighted by molar-refractivity contribution is -0.148. The minimum atomic E-state index is -1.54. The number of azide groups is 1. The van der Waals surface area contributed by atoms with Gasteiger partial charge in [-0.2, -0.15) is 0 Å². The molecule has 0 aromatic carbocycles. The van der Waals surface area contributed by atoms with E-state index in [0.717, 1.165) is 4.90 Å². The summed E-state index contributed by atoms with van der Waals surface area (Å²) in [6.45, 7) is 1.63. The second-order valence-corrected chi connectivity index (χ2v) is 4.07. The maximum absolute atomic E-state index is 11.4. The van der Waals surface area contributed by atoms with Gasteiger partial charge in [-0.15, -0.1) is 0 Å². The Morgan fingerprint density at radius 1 is 1.61 bits per heavy atom. The van der Waals surface area contributed by atoms with E-state index < -0.39 is 23.6 Å². The highest BCUT2D eigenvalue weighted by molar-refractivity contribution is 5.85. The minimum absolute atomic E-state index is 0.0109. The van der Waals surface area contributed by atoms with Gasteiger partial charge >= 0.3 is 12.1 Å². The minimum Gasteiger partial charge on any atom is -0.479 e. The van der Waals surface area contributed by atoms with Crippen molar-refractivity contribution >= 4 is 12.1 Å². The van der Waals surface area contributed by atoms with Gasteiger partial charge in [0.2, 0.25) is 0 Å². The van der Waals surface area contributed by atoms with Crippen LogP contribution in [0.25, 0.3) is 10.4 Å². The smallest absolute Gasteiger partial charge is 0.408 e. The van der Waals surface area contributed by atoms with E-state index in [4.69, 9.17) is 10.6 Å². The zero-order chi connectivity index (χ0) is 13.8. The Balaban J connectivity index is 3.14. The van der Waals surface area contributed by atoms with Crippen LogP contribution in [0.1, 0.15) is 19.8 Å². The van der Waals surface area contributed by atoms with Crippen LogP contribution in [0.2, 0.25) is 0 Å². The van der Waals surface area contributed by atoms with Gasteiger partial charge in [0, 0.05) is 11.5 Å². The number of carboxylic acids is 1. The van der Waals surface area contributed by atoms with Gasteiger partial charge in [0.1, 0.15) is 5.54 Å². The number of nitrogens with zero attached hydrogens (tertiary/aromatic N) is 4. The highest BCUT2D eigenvalue weighted by Crippen LogP contribution is 2.35. The summed E-state index contributed by atoms with van der Waals surface area (Å²) in [6.07, 6.45) is 1.98. The topological polar surface area (TPSA) is 127 Å². The normalized spacial score (nSPS) is 27.2. The predicted molar refractivity (Wildman–Crippen MR) is 62.1 cm³/mol. The zero-order valence-electron chi connectivity index (χ0n) is 9.85. The number of allylic oxidation sites excluding steroid dienone is 1. The lowest BCUT2D eigenvalue weighted by Gasteiger charge is -2.31. The molecule has 1 rings (SSSR count). The fourth-order valence-corrected chi connectivity index (χ4v) is 2.16. The molecule has 1 aliphatic rings. The Morgan fingerprint density at radius 2 is 2.28 bits per heavy atom. The van der Waals surface area contributed by atoms with Crippen LogP contribution >= 0.6 is 0 Å². The standard InChI is InChI=1S/C10H14N4O4/c1-2-3-4-10(8(15)16)5-7(12-13-11)6-14(10)9(17)18/h2-3,7H,4-6H2,1H3,(H,15,16)(H,17,18)/t7-,10?/m0/s1. The third kappa shape index (κ3) is 2.38. The van der Waals surface area contributed by atoms with E-state index in [1.807, 2.05) is 0 Å². The maximum atomic E-state index is 11.4. The molecule has 0 aromatic rings. The number of hydrogen-bond donors (Lipinski definition) is 2. The molecule has 1 unspecified atom stereocenters. The van der Waals surface area contributed by atoms with Crippen molar-refractivity contribution in [2.75, 3.05) is 6.54 Å². The van der Waals surface area contributed by atoms with E-state index in [1.54, 1.807) is 19.1 Å². The molecule has 0 aromatic heterocycles. The number of amides is 1. The van der Waals surface area contributed by atoms with Crippen molar-refractivity contribution in [3.8, 4) is 0 Å². The summed E-state index contributed by atoms with van der Waals surface area (Å²) in [5.41, 5.74) is 6.82. The average molecular weight is 254 g/mol. The molecule has 18 heavy (non-hydrogen) atoms. The summed E-state index contributed by atoms with van der Waals surface area (Å²) in [7, 11) is 0. The van der Waals surface area contributed by atoms with Gasteiger partial charge < -0.3 is 10.2 Å². The number of hydrogen-bond acceptors (Lipinski definition) is 3. The third-order valence-electron chi connectivity index (χ3n) is 3.02. The molecule has 1 heterocycles. The van der Waals surface area contributed by atoms with Gasteiger partial charge in [-0.05, 0) is 25.3 Å². The van der Waals surface area contributed by atoms with E-state index in [0.29, 0.717) is 0 Å². The molecular formula is C10H14N4O4. The van der Waals surface area contributed by atoms with E-state index in [1.165, 1.54) is 0 Å². The molecule has 0 radical (unpaired) electrons. The van der Waals surface area contributed by atoms with Crippen LogP contribution in [0.5, 0.6) is 0 Å². The van der Waals surface area contributed by atoms with Gasteiger partial charge in [-0.3, -0.25) is 4.90 Å². The molecule has 0 spiro atoms. The van der Waals surface area contributed by atoms with Crippen molar-refractivity contribution in [3.63, 3.8) is 0 Å². The third-order valence-corrected chi connectivity index (χ3v) is 3.02. The van der Waals surface area contributed by atoms with Crippen molar-refractivity contribution in [2.24, 2.45) is 5.11 Å². The maximum Gasteiger partial charge on any atom is 0.408 e. The predicted octanol–water partition coefficient (Wildman–Crippen LogP) is 1.84. The van der Waals surface area contributed by atoms with Crippen LogP contribution in [-0.4, -0.2) is 45.3 Å². The zero-order valence-corrected chi connectivity index (χ0v) is 9.85. The Hall–Kier alpha value is -2.21. The molecule has 0 aliphatic carbocycles. The average Bonchev–Trinajstić information content (AvgIpc) is 2.67. The Kier molecular flexibility index (Phi) is 4.17. The van der Waals surface area contributed by atoms with Gasteiger partial charge in [0.15, 0.2) is 0 Å². The molecule has 1 fully saturated rings. The van der Waals surface area contributed by atoms with E-state index in [2.05, 4.69) is 10.0 Å². The van der Waals surface area contributed by atoms with Crippen LogP contribution in [0.4, 0.5) is 4.79 Å². The summed E-state index contributed by atoms with van der Waals surface area (Å²) in [5.74, 6) is -1.22. The van der Waals surface area contributed by atoms with Gasteiger partial charge in [0.05, 0.1) is 6.04 Å². The first-order chi connectivity index (χ1) is 8.47. The molecule has 8 heteroatoms. The summed E-state index contributed by atoms with van der Waals surface area (Å²) >= 11 is 0. The fourth-order valence-electron chi connectivity index (χ4n) is 2.16. The molecule has 98 valence electrons. The molecule has 1 saturated heterocycles. The molecule has 2 N–H and O–H groups in total. The van der Waals surface area contributed by atoms with Crippen molar-refractivity contribution in [1.82, 2.24) is 4.90 Å². The Labute approximate surface area is 103 Å². The van der Waals surface area contributed by atoms with Crippen molar-refractivity contribution in [1.29, 1.82) is 0 Å². The molecule has 8 nitrogen and oxygen atoms in total.